The molecule has 0 saturated heterocycles. The number of nitrogens with one attached hydrogen (secondary N) is 1. The number of amides is 2. The lowest BCUT2D eigenvalue weighted by molar-refractivity contribution is 0.192. The van der Waals surface area contributed by atoms with E-state index in [0.29, 0.717) is 38.4 Å². The van der Waals surface area contributed by atoms with E-state index in [0.717, 1.165) is 22.4 Å². The van der Waals surface area contributed by atoms with Gasteiger partial charge in [0.15, 0.2) is 11.5 Å². The van der Waals surface area contributed by atoms with Gasteiger partial charge in [-0.1, -0.05) is 66.7 Å². The first-order chi connectivity index (χ1) is 15.2. The molecule has 0 aliphatic rings. The van der Waals surface area contributed by atoms with Crippen LogP contribution in [0.5, 0.6) is 11.5 Å². The number of methoxy groups -OCH3 is 1. The summed E-state index contributed by atoms with van der Waals surface area (Å²) in [5.41, 5.74) is 3.29. The number of hydrogen-bond donors (Lipinski definition) is 1. The van der Waals surface area contributed by atoms with Gasteiger partial charge < -0.3 is 19.7 Å². The summed E-state index contributed by atoms with van der Waals surface area (Å²) in [4.78, 5) is 14.8. The van der Waals surface area contributed by atoms with Crippen molar-refractivity contribution in [3.05, 3.63) is 95.6 Å². The van der Waals surface area contributed by atoms with Gasteiger partial charge in [-0.3, -0.25) is 0 Å². The molecule has 3 aromatic carbocycles. The number of carbonyl (C=O) groups excluding carboxylic acids is 1. The third-order valence-corrected chi connectivity index (χ3v) is 4.94. The van der Waals surface area contributed by atoms with Gasteiger partial charge >= 0.3 is 6.03 Å². The minimum atomic E-state index is -0.0781. The number of rotatable bonds is 10. The molecule has 0 aromatic heterocycles. The monoisotopic (exact) mass is 418 g/mol. The second-order valence-corrected chi connectivity index (χ2v) is 7.23. The normalized spacial score (nSPS) is 10.4. The van der Waals surface area contributed by atoms with Crippen molar-refractivity contribution >= 4 is 6.03 Å². The molecular formula is C26H30N2O3. The van der Waals surface area contributed by atoms with Crippen LogP contribution in [0, 0.1) is 0 Å². The molecule has 5 heteroatoms. The summed E-state index contributed by atoms with van der Waals surface area (Å²) in [6.07, 6.45) is 0.707. The number of ether oxygens (including phenoxy) is 2. The zero-order valence-corrected chi connectivity index (χ0v) is 18.2. The molecule has 5 nitrogen and oxygen atoms in total. The van der Waals surface area contributed by atoms with E-state index in [1.807, 2.05) is 90.7 Å². The number of benzene rings is 3. The lowest BCUT2D eigenvalue weighted by atomic mass is 10.1. The average Bonchev–Trinajstić information content (AvgIpc) is 2.81. The summed E-state index contributed by atoms with van der Waals surface area (Å²) >= 11 is 0. The molecule has 31 heavy (non-hydrogen) atoms. The van der Waals surface area contributed by atoms with Gasteiger partial charge in [-0.25, -0.2) is 4.79 Å². The van der Waals surface area contributed by atoms with Gasteiger partial charge in [0.25, 0.3) is 0 Å². The highest BCUT2D eigenvalue weighted by Crippen LogP contribution is 2.28. The zero-order valence-electron chi connectivity index (χ0n) is 18.2. The third-order valence-electron chi connectivity index (χ3n) is 4.94. The SMILES string of the molecule is CCOc1ccc(CCNC(=O)N(Cc2ccccc2)Cc2ccccc2)cc1OC. The summed E-state index contributed by atoms with van der Waals surface area (Å²) in [6, 6.07) is 25.9. The average molecular weight is 419 g/mol. The molecule has 1 N–H and O–H groups in total. The van der Waals surface area contributed by atoms with Gasteiger partial charge in [-0.2, -0.15) is 0 Å². The van der Waals surface area contributed by atoms with Crippen molar-refractivity contribution in [3.63, 3.8) is 0 Å². The molecule has 0 heterocycles. The van der Waals surface area contributed by atoms with Crippen molar-refractivity contribution in [1.29, 1.82) is 0 Å². The Morgan fingerprint density at radius 1 is 0.839 bits per heavy atom. The first-order valence-corrected chi connectivity index (χ1v) is 10.6. The van der Waals surface area contributed by atoms with Crippen molar-refractivity contribution in [2.45, 2.75) is 26.4 Å². The lowest BCUT2D eigenvalue weighted by Gasteiger charge is -2.23. The topological polar surface area (TPSA) is 50.8 Å². The molecule has 0 spiro atoms. The van der Waals surface area contributed by atoms with Crippen LogP contribution in [-0.4, -0.2) is 31.2 Å². The standard InChI is InChI=1S/C26H30N2O3/c1-3-31-24-15-14-21(18-25(24)30-2)16-17-27-26(29)28(19-22-10-6-4-7-11-22)20-23-12-8-5-9-13-23/h4-15,18H,3,16-17,19-20H2,1-2H3,(H,27,29). The number of nitrogens with zero attached hydrogens (tertiary/aromatic N) is 1. The van der Waals surface area contributed by atoms with E-state index in [1.165, 1.54) is 0 Å². The van der Waals surface area contributed by atoms with Crippen molar-refractivity contribution in [2.75, 3.05) is 20.3 Å². The highest BCUT2D eigenvalue weighted by molar-refractivity contribution is 5.74. The highest BCUT2D eigenvalue weighted by Gasteiger charge is 2.14. The molecule has 162 valence electrons. The minimum absolute atomic E-state index is 0.0781. The van der Waals surface area contributed by atoms with E-state index in [9.17, 15) is 4.79 Å². The molecule has 0 aliphatic heterocycles. The second-order valence-electron chi connectivity index (χ2n) is 7.23. The number of carbonyl (C=O) groups is 1. The molecule has 3 aromatic rings. The summed E-state index contributed by atoms with van der Waals surface area (Å²) < 4.78 is 11.0. The third kappa shape index (κ3) is 6.78. The smallest absolute Gasteiger partial charge is 0.318 e. The van der Waals surface area contributed by atoms with E-state index in [1.54, 1.807) is 7.11 Å². The van der Waals surface area contributed by atoms with Crippen molar-refractivity contribution in [2.24, 2.45) is 0 Å². The largest absolute Gasteiger partial charge is 0.493 e. The van der Waals surface area contributed by atoms with Gasteiger partial charge in [-0.05, 0) is 42.2 Å². The Hall–Kier alpha value is -3.47. The van der Waals surface area contributed by atoms with Gasteiger partial charge in [-0.15, -0.1) is 0 Å². The van der Waals surface area contributed by atoms with Gasteiger partial charge in [0.05, 0.1) is 13.7 Å². The number of urea groups is 1. The maximum atomic E-state index is 13.0. The minimum Gasteiger partial charge on any atom is -0.493 e. The fourth-order valence-corrected chi connectivity index (χ4v) is 3.37. The summed E-state index contributed by atoms with van der Waals surface area (Å²) in [5, 5.41) is 3.06. The number of hydrogen-bond acceptors (Lipinski definition) is 3. The Kier molecular flexibility index (Phi) is 8.35. The molecule has 0 aliphatic carbocycles. The van der Waals surface area contributed by atoms with Crippen LogP contribution in [0.2, 0.25) is 0 Å². The molecule has 0 radical (unpaired) electrons. The molecule has 0 atom stereocenters. The Balaban J connectivity index is 1.62. The second kappa shape index (κ2) is 11.6. The summed E-state index contributed by atoms with van der Waals surface area (Å²) in [5.74, 6) is 1.44. The summed E-state index contributed by atoms with van der Waals surface area (Å²) in [6.45, 7) is 4.18. The predicted octanol–water partition coefficient (Wildman–Crippen LogP) is 5.05. The molecule has 0 fully saturated rings. The van der Waals surface area contributed by atoms with Crippen LogP contribution in [0.25, 0.3) is 0 Å². The van der Waals surface area contributed by atoms with E-state index in [-0.39, 0.29) is 6.03 Å². The lowest BCUT2D eigenvalue weighted by Crippen LogP contribution is -2.40. The quantitative estimate of drug-likeness (QED) is 0.501. The maximum Gasteiger partial charge on any atom is 0.318 e. The van der Waals surface area contributed by atoms with Gasteiger partial charge in [0.2, 0.25) is 0 Å². The fraction of sp³-hybridized carbons (Fsp3) is 0.269. The molecule has 0 unspecified atom stereocenters. The Morgan fingerprint density at radius 2 is 1.45 bits per heavy atom. The van der Waals surface area contributed by atoms with Gasteiger partial charge in [0.1, 0.15) is 0 Å². The van der Waals surface area contributed by atoms with Crippen LogP contribution >= 0.6 is 0 Å². The van der Waals surface area contributed by atoms with Crippen molar-refractivity contribution in [3.8, 4) is 11.5 Å². The predicted molar refractivity (Wildman–Crippen MR) is 123 cm³/mol. The van der Waals surface area contributed by atoms with Crippen molar-refractivity contribution < 1.29 is 14.3 Å². The zero-order chi connectivity index (χ0) is 21.9. The molecule has 3 rings (SSSR count). The van der Waals surface area contributed by atoms with E-state index < -0.39 is 0 Å². The first-order valence-electron chi connectivity index (χ1n) is 10.6. The first kappa shape index (κ1) is 22.2. The van der Waals surface area contributed by atoms with Crippen LogP contribution in [0.15, 0.2) is 78.9 Å². The summed E-state index contributed by atoms with van der Waals surface area (Å²) in [7, 11) is 1.63. The Morgan fingerprint density at radius 3 is 2.00 bits per heavy atom. The molecule has 0 saturated carbocycles. The van der Waals surface area contributed by atoms with E-state index >= 15 is 0 Å². The van der Waals surface area contributed by atoms with Crippen LogP contribution < -0.4 is 14.8 Å². The van der Waals surface area contributed by atoms with E-state index in [4.69, 9.17) is 9.47 Å². The molecule has 0 bridgehead atoms. The van der Waals surface area contributed by atoms with Crippen LogP contribution in [-0.2, 0) is 19.5 Å². The molecular weight excluding hydrogens is 388 g/mol. The fourth-order valence-electron chi connectivity index (χ4n) is 3.37. The van der Waals surface area contributed by atoms with Gasteiger partial charge in [0, 0.05) is 19.6 Å². The molecule has 2 amide bonds. The highest BCUT2D eigenvalue weighted by atomic mass is 16.5. The van der Waals surface area contributed by atoms with Crippen LogP contribution in [0.4, 0.5) is 4.79 Å². The Labute approximate surface area is 184 Å². The Bertz CT molecular complexity index is 904. The van der Waals surface area contributed by atoms with E-state index in [2.05, 4.69) is 5.32 Å². The maximum absolute atomic E-state index is 13.0. The van der Waals surface area contributed by atoms with Crippen LogP contribution in [0.1, 0.15) is 23.6 Å². The van der Waals surface area contributed by atoms with Crippen molar-refractivity contribution in [1.82, 2.24) is 10.2 Å². The van der Waals surface area contributed by atoms with Crippen LogP contribution in [0.3, 0.4) is 0 Å².